The Labute approximate surface area is 71.3 Å². The average Bonchev–Trinajstić information content (AvgIpc) is 2.35. The summed E-state index contributed by atoms with van der Waals surface area (Å²) < 4.78 is 10.4. The second kappa shape index (κ2) is 2.81. The lowest BCUT2D eigenvalue weighted by Crippen LogP contribution is -2.30. The molecule has 1 aliphatic heterocycles. The van der Waals surface area contributed by atoms with Crippen molar-refractivity contribution in [3.05, 3.63) is 12.8 Å². The average molecular weight is 168 g/mol. The van der Waals surface area contributed by atoms with Crippen LogP contribution < -0.4 is 0 Å². The molecule has 0 spiro atoms. The van der Waals surface area contributed by atoms with Crippen LogP contribution in [0.1, 0.15) is 19.3 Å². The maximum atomic E-state index is 11.1. The number of carbonyl (C=O) groups excluding carboxylic acids is 1. The van der Waals surface area contributed by atoms with E-state index in [2.05, 4.69) is 6.58 Å². The summed E-state index contributed by atoms with van der Waals surface area (Å²) in [5.74, 6) is 0.0924. The highest BCUT2D eigenvalue weighted by atomic mass is 16.6. The molecule has 1 saturated carbocycles. The third-order valence-corrected chi connectivity index (χ3v) is 2.60. The minimum absolute atomic E-state index is 0.0192. The van der Waals surface area contributed by atoms with E-state index in [4.69, 9.17) is 9.47 Å². The predicted octanol–water partition coefficient (Wildman–Crippen LogP) is 1.24. The first-order chi connectivity index (χ1) is 5.81. The van der Waals surface area contributed by atoms with Crippen LogP contribution >= 0.6 is 0 Å². The third-order valence-electron chi connectivity index (χ3n) is 2.60. The van der Waals surface area contributed by atoms with Crippen LogP contribution in [0.4, 0.5) is 0 Å². The molecule has 2 aliphatic rings. The van der Waals surface area contributed by atoms with Gasteiger partial charge in [-0.05, 0) is 12.8 Å². The van der Waals surface area contributed by atoms with E-state index in [1.165, 1.54) is 6.26 Å². The Bertz CT molecular complexity index is 212. The molecular formula is C9H12O3. The summed E-state index contributed by atoms with van der Waals surface area (Å²) >= 11 is 0. The van der Waals surface area contributed by atoms with Gasteiger partial charge in [0, 0.05) is 6.42 Å². The quantitative estimate of drug-likeness (QED) is 0.459. The normalized spacial score (nSPS) is 39.0. The van der Waals surface area contributed by atoms with Crippen LogP contribution in [0.15, 0.2) is 12.8 Å². The molecule has 0 aromatic heterocycles. The summed E-state index contributed by atoms with van der Waals surface area (Å²) in [6.07, 6.45) is 4.09. The lowest BCUT2D eigenvalue weighted by atomic mass is 9.88. The Morgan fingerprint density at radius 1 is 1.58 bits per heavy atom. The van der Waals surface area contributed by atoms with Crippen LogP contribution in [0.2, 0.25) is 0 Å². The molecule has 3 unspecified atom stereocenters. The number of hydrogen-bond donors (Lipinski definition) is 0. The number of carbonyl (C=O) groups is 1. The van der Waals surface area contributed by atoms with Crippen LogP contribution in [0.3, 0.4) is 0 Å². The Morgan fingerprint density at radius 3 is 3.17 bits per heavy atom. The van der Waals surface area contributed by atoms with Gasteiger partial charge in [0.05, 0.1) is 12.2 Å². The molecule has 66 valence electrons. The lowest BCUT2D eigenvalue weighted by molar-refractivity contribution is -0.145. The summed E-state index contributed by atoms with van der Waals surface area (Å²) in [5, 5.41) is 0. The summed E-state index contributed by atoms with van der Waals surface area (Å²) in [6.45, 7) is 3.49. The molecule has 0 N–H and O–H groups in total. The smallest absolute Gasteiger partial charge is 0.309 e. The molecule has 12 heavy (non-hydrogen) atoms. The van der Waals surface area contributed by atoms with E-state index in [-0.39, 0.29) is 24.1 Å². The van der Waals surface area contributed by atoms with Gasteiger partial charge in [-0.1, -0.05) is 6.58 Å². The van der Waals surface area contributed by atoms with Crippen molar-refractivity contribution in [3.8, 4) is 0 Å². The van der Waals surface area contributed by atoms with E-state index >= 15 is 0 Å². The molecule has 3 atom stereocenters. The Hall–Kier alpha value is -0.990. The van der Waals surface area contributed by atoms with Gasteiger partial charge < -0.3 is 9.47 Å². The Morgan fingerprint density at radius 2 is 2.42 bits per heavy atom. The van der Waals surface area contributed by atoms with Crippen LogP contribution in [-0.4, -0.2) is 18.2 Å². The van der Waals surface area contributed by atoms with Gasteiger partial charge in [-0.2, -0.15) is 0 Å². The molecule has 3 heteroatoms. The second-order valence-corrected chi connectivity index (χ2v) is 3.33. The monoisotopic (exact) mass is 168 g/mol. The van der Waals surface area contributed by atoms with Crippen LogP contribution in [-0.2, 0) is 14.3 Å². The predicted molar refractivity (Wildman–Crippen MR) is 42.3 cm³/mol. The number of hydrogen-bond acceptors (Lipinski definition) is 3. The minimum atomic E-state index is -0.0461. The van der Waals surface area contributed by atoms with Gasteiger partial charge in [0.1, 0.15) is 12.2 Å². The third kappa shape index (κ3) is 1.09. The molecule has 1 heterocycles. The van der Waals surface area contributed by atoms with E-state index in [0.717, 1.165) is 19.3 Å². The van der Waals surface area contributed by atoms with Gasteiger partial charge >= 0.3 is 5.97 Å². The summed E-state index contributed by atoms with van der Waals surface area (Å²) in [7, 11) is 0. The highest BCUT2D eigenvalue weighted by molar-refractivity contribution is 5.75. The van der Waals surface area contributed by atoms with Crippen LogP contribution in [0, 0.1) is 5.92 Å². The molecule has 1 saturated heterocycles. The Kier molecular flexibility index (Phi) is 1.79. The number of fused-ring (bicyclic) bond motifs is 2. The first-order valence-corrected chi connectivity index (χ1v) is 4.28. The fourth-order valence-corrected chi connectivity index (χ4v) is 1.96. The largest absolute Gasteiger partial charge is 0.495 e. The van der Waals surface area contributed by atoms with Crippen molar-refractivity contribution in [1.29, 1.82) is 0 Å². The zero-order valence-electron chi connectivity index (χ0n) is 6.86. The van der Waals surface area contributed by atoms with Crippen molar-refractivity contribution >= 4 is 5.97 Å². The summed E-state index contributed by atoms with van der Waals surface area (Å²) in [4.78, 5) is 11.1. The van der Waals surface area contributed by atoms with Crippen molar-refractivity contribution in [2.45, 2.75) is 31.5 Å². The fraction of sp³-hybridized carbons (Fsp3) is 0.667. The van der Waals surface area contributed by atoms with Gasteiger partial charge in [0.25, 0.3) is 0 Å². The number of ether oxygens (including phenoxy) is 2. The maximum Gasteiger partial charge on any atom is 0.309 e. The molecule has 2 fully saturated rings. The lowest BCUT2D eigenvalue weighted by Gasteiger charge is -2.24. The van der Waals surface area contributed by atoms with Gasteiger partial charge in [-0.15, -0.1) is 0 Å². The highest BCUT2D eigenvalue weighted by Crippen LogP contribution is 2.35. The van der Waals surface area contributed by atoms with E-state index in [1.807, 2.05) is 0 Å². The van der Waals surface area contributed by atoms with Crippen molar-refractivity contribution < 1.29 is 14.3 Å². The van der Waals surface area contributed by atoms with Gasteiger partial charge in [-0.3, -0.25) is 4.79 Å². The van der Waals surface area contributed by atoms with E-state index in [1.54, 1.807) is 0 Å². The van der Waals surface area contributed by atoms with Gasteiger partial charge in [-0.25, -0.2) is 0 Å². The van der Waals surface area contributed by atoms with E-state index in [9.17, 15) is 4.79 Å². The molecule has 0 aromatic rings. The maximum absolute atomic E-state index is 11.1. The molecule has 2 bridgehead atoms. The number of rotatable bonds is 2. The molecule has 3 nitrogen and oxygen atoms in total. The fourth-order valence-electron chi connectivity index (χ4n) is 1.96. The van der Waals surface area contributed by atoms with Gasteiger partial charge in [0.15, 0.2) is 0 Å². The first-order valence-electron chi connectivity index (χ1n) is 4.28. The SMILES string of the molecule is C=COC1CCC2CC1OC2=O. The molecule has 0 amide bonds. The van der Waals surface area contributed by atoms with Crippen molar-refractivity contribution in [2.24, 2.45) is 5.92 Å². The highest BCUT2D eigenvalue weighted by Gasteiger charge is 2.43. The number of esters is 1. The molecular weight excluding hydrogens is 156 g/mol. The van der Waals surface area contributed by atoms with Crippen molar-refractivity contribution in [2.75, 3.05) is 0 Å². The van der Waals surface area contributed by atoms with Crippen LogP contribution in [0.25, 0.3) is 0 Å². The zero-order valence-corrected chi connectivity index (χ0v) is 6.86. The topological polar surface area (TPSA) is 35.5 Å². The molecule has 0 radical (unpaired) electrons. The first kappa shape index (κ1) is 7.65. The van der Waals surface area contributed by atoms with Crippen molar-refractivity contribution in [3.63, 3.8) is 0 Å². The molecule has 0 aromatic carbocycles. The summed E-state index contributed by atoms with van der Waals surface area (Å²) in [5.41, 5.74) is 0. The van der Waals surface area contributed by atoms with Crippen LogP contribution in [0.5, 0.6) is 0 Å². The van der Waals surface area contributed by atoms with Crippen molar-refractivity contribution in [1.82, 2.24) is 0 Å². The van der Waals surface area contributed by atoms with E-state index < -0.39 is 0 Å². The molecule has 2 rings (SSSR count). The van der Waals surface area contributed by atoms with Gasteiger partial charge in [0.2, 0.25) is 0 Å². The second-order valence-electron chi connectivity index (χ2n) is 3.33. The zero-order chi connectivity index (χ0) is 8.55. The Balaban J connectivity index is 2.03. The van der Waals surface area contributed by atoms with E-state index in [0.29, 0.717) is 0 Å². The minimum Gasteiger partial charge on any atom is -0.495 e. The summed E-state index contributed by atoms with van der Waals surface area (Å²) in [6, 6.07) is 0. The molecule has 1 aliphatic carbocycles. The standard InChI is InChI=1S/C9H12O3/c1-2-11-7-4-3-6-5-8(7)12-9(6)10/h2,6-8H,1,3-5H2.